The van der Waals surface area contributed by atoms with Crippen LogP contribution in [0, 0.1) is 0 Å². The highest BCUT2D eigenvalue weighted by molar-refractivity contribution is 7.92. The number of hydrogen-bond donors (Lipinski definition) is 1. The number of piperidine rings is 1. The van der Waals surface area contributed by atoms with Crippen LogP contribution < -0.4 is 20.3 Å². The first-order valence-electron chi connectivity index (χ1n) is 10.7. The third kappa shape index (κ3) is 4.25. The molecule has 2 N–H and O–H groups in total. The minimum atomic E-state index is -3.14. The van der Waals surface area contributed by atoms with Crippen LogP contribution in [-0.2, 0) is 9.84 Å². The van der Waals surface area contributed by atoms with Gasteiger partial charge in [0.2, 0.25) is 5.95 Å². The third-order valence-corrected chi connectivity index (χ3v) is 8.65. The van der Waals surface area contributed by atoms with E-state index in [1.54, 1.807) is 11.0 Å². The van der Waals surface area contributed by atoms with E-state index in [1.165, 1.54) is 12.3 Å². The fourth-order valence-electron chi connectivity index (χ4n) is 4.69. The molecule has 0 unspecified atom stereocenters. The number of ether oxygens (including phenoxy) is 1. The Morgan fingerprint density at radius 1 is 1.15 bits per heavy atom. The number of sulfone groups is 1. The largest absolute Gasteiger partial charge is 0.431 e. The summed E-state index contributed by atoms with van der Waals surface area (Å²) < 4.78 is 68.6. The Morgan fingerprint density at radius 2 is 1.97 bits per heavy atom. The van der Waals surface area contributed by atoms with Crippen LogP contribution in [0.5, 0.6) is 5.75 Å². The molecule has 0 amide bonds. The lowest BCUT2D eigenvalue weighted by molar-refractivity contribution is -0.0494. The molecule has 6 rings (SSSR count). The van der Waals surface area contributed by atoms with Gasteiger partial charge in [0, 0.05) is 37.0 Å². The van der Waals surface area contributed by atoms with Crippen molar-refractivity contribution in [1.82, 2.24) is 15.0 Å². The van der Waals surface area contributed by atoms with E-state index >= 15 is 0 Å². The summed E-state index contributed by atoms with van der Waals surface area (Å²) in [6.07, 6.45) is 2.08. The van der Waals surface area contributed by atoms with Crippen molar-refractivity contribution in [3.63, 3.8) is 0 Å². The van der Waals surface area contributed by atoms with E-state index in [1.807, 2.05) is 4.90 Å². The van der Waals surface area contributed by atoms with E-state index in [-0.39, 0.29) is 29.9 Å². The summed E-state index contributed by atoms with van der Waals surface area (Å²) >= 11 is 0. The standard InChI is InChI=1S/C20H23F3N6O3S/c21-12-3-4-28(8-12)20-26-15(11-5-16(32-19(22)23)18(24)25-7-11)6-17(27-20)29-9-14-2-1-13(29)10-33(14,30)31/h5-7,12-14,19H,1-4,8-10H2,(H2,24,25)/t12-,13+,14+/m1/s1. The summed E-state index contributed by atoms with van der Waals surface area (Å²) in [6.45, 7) is -2.18. The van der Waals surface area contributed by atoms with Crippen LogP contribution in [0.1, 0.15) is 19.3 Å². The van der Waals surface area contributed by atoms with Gasteiger partial charge in [-0.25, -0.2) is 22.8 Å². The Balaban J connectivity index is 1.56. The fourth-order valence-corrected chi connectivity index (χ4v) is 6.73. The Hall–Kier alpha value is -2.83. The highest BCUT2D eigenvalue weighted by Crippen LogP contribution is 2.36. The van der Waals surface area contributed by atoms with Crippen molar-refractivity contribution in [2.45, 2.75) is 43.3 Å². The summed E-state index contributed by atoms with van der Waals surface area (Å²) in [5.74, 6) is 0.387. The zero-order valence-electron chi connectivity index (χ0n) is 17.6. The van der Waals surface area contributed by atoms with Crippen LogP contribution in [0.2, 0.25) is 0 Å². The molecule has 2 aromatic heterocycles. The van der Waals surface area contributed by atoms with Gasteiger partial charge in [0.25, 0.3) is 0 Å². The van der Waals surface area contributed by atoms with Crippen molar-refractivity contribution in [2.24, 2.45) is 0 Å². The maximum atomic E-state index is 13.9. The molecule has 3 atom stereocenters. The average molecular weight is 485 g/mol. The number of rotatable bonds is 5. The summed E-state index contributed by atoms with van der Waals surface area (Å²) in [4.78, 5) is 16.8. The van der Waals surface area contributed by atoms with Crippen LogP contribution in [0.3, 0.4) is 0 Å². The molecule has 2 aromatic rings. The fraction of sp³-hybridized carbons (Fsp3) is 0.550. The number of nitrogens with two attached hydrogens (primary N) is 1. The summed E-state index contributed by atoms with van der Waals surface area (Å²) in [6, 6.07) is 2.77. The molecule has 9 nitrogen and oxygen atoms in total. The van der Waals surface area contributed by atoms with Gasteiger partial charge in [0.15, 0.2) is 21.4 Å². The Labute approximate surface area is 188 Å². The SMILES string of the molecule is Nc1ncc(-c2cc(N3C[C@@H]4CC[C@H]3CS4(=O)=O)nc(N3CC[C@@H](F)C3)n2)cc1OC(F)F. The molecule has 33 heavy (non-hydrogen) atoms. The molecule has 4 aliphatic rings. The molecule has 0 aliphatic carbocycles. The van der Waals surface area contributed by atoms with Gasteiger partial charge in [-0.2, -0.15) is 13.8 Å². The number of halogens is 3. The smallest absolute Gasteiger partial charge is 0.387 e. The number of nitrogen functional groups attached to an aromatic ring is 1. The average Bonchev–Trinajstić information content (AvgIpc) is 3.20. The molecule has 0 spiro atoms. The predicted molar refractivity (Wildman–Crippen MR) is 116 cm³/mol. The molecule has 6 heterocycles. The minimum Gasteiger partial charge on any atom is -0.431 e. The van der Waals surface area contributed by atoms with Gasteiger partial charge in [-0.1, -0.05) is 0 Å². The van der Waals surface area contributed by atoms with Gasteiger partial charge in [0.05, 0.1) is 23.2 Å². The van der Waals surface area contributed by atoms with E-state index in [0.717, 1.165) is 6.42 Å². The molecular weight excluding hydrogens is 461 g/mol. The van der Waals surface area contributed by atoms with Gasteiger partial charge >= 0.3 is 6.61 Å². The van der Waals surface area contributed by atoms with E-state index in [2.05, 4.69) is 19.7 Å². The van der Waals surface area contributed by atoms with Crippen LogP contribution in [0.25, 0.3) is 11.3 Å². The predicted octanol–water partition coefficient (Wildman–Crippen LogP) is 2.04. The molecule has 4 fully saturated rings. The second kappa shape index (κ2) is 8.19. The molecule has 2 bridgehead atoms. The van der Waals surface area contributed by atoms with Crippen molar-refractivity contribution in [3.05, 3.63) is 18.3 Å². The van der Waals surface area contributed by atoms with Gasteiger partial charge in [-0.05, 0) is 25.3 Å². The number of hydrogen-bond acceptors (Lipinski definition) is 9. The first-order chi connectivity index (χ1) is 15.7. The lowest BCUT2D eigenvalue weighted by Crippen LogP contribution is -2.58. The second-order valence-electron chi connectivity index (χ2n) is 8.56. The number of alkyl halides is 3. The minimum absolute atomic E-state index is 0.0540. The summed E-state index contributed by atoms with van der Waals surface area (Å²) in [5.41, 5.74) is 6.40. The molecule has 0 saturated carbocycles. The monoisotopic (exact) mass is 484 g/mol. The highest BCUT2D eigenvalue weighted by Gasteiger charge is 2.44. The highest BCUT2D eigenvalue weighted by atomic mass is 32.2. The summed E-state index contributed by atoms with van der Waals surface area (Å²) in [7, 11) is -3.14. The van der Waals surface area contributed by atoms with Crippen molar-refractivity contribution < 1.29 is 26.3 Å². The molecule has 178 valence electrons. The van der Waals surface area contributed by atoms with Crippen LogP contribution in [0.4, 0.5) is 30.8 Å². The lowest BCUT2D eigenvalue weighted by atomic mass is 10.0. The first-order valence-corrected chi connectivity index (χ1v) is 12.4. The van der Waals surface area contributed by atoms with E-state index < -0.39 is 27.9 Å². The Morgan fingerprint density at radius 3 is 2.61 bits per heavy atom. The van der Waals surface area contributed by atoms with Crippen LogP contribution >= 0.6 is 0 Å². The number of pyridine rings is 1. The lowest BCUT2D eigenvalue weighted by Gasteiger charge is -2.45. The van der Waals surface area contributed by atoms with Gasteiger partial charge in [-0.15, -0.1) is 0 Å². The number of nitrogens with zero attached hydrogens (tertiary/aromatic N) is 5. The van der Waals surface area contributed by atoms with Crippen molar-refractivity contribution in [3.8, 4) is 17.0 Å². The van der Waals surface area contributed by atoms with Crippen molar-refractivity contribution >= 4 is 27.4 Å². The zero-order chi connectivity index (χ0) is 23.3. The van der Waals surface area contributed by atoms with Crippen LogP contribution in [0.15, 0.2) is 18.3 Å². The Bertz CT molecular complexity index is 1170. The quantitative estimate of drug-likeness (QED) is 0.681. The van der Waals surface area contributed by atoms with Crippen molar-refractivity contribution in [2.75, 3.05) is 40.9 Å². The molecule has 0 radical (unpaired) electrons. The normalized spacial score (nSPS) is 26.2. The number of aromatic nitrogens is 3. The van der Waals surface area contributed by atoms with E-state index in [0.29, 0.717) is 49.0 Å². The van der Waals surface area contributed by atoms with Gasteiger partial charge in [0.1, 0.15) is 12.0 Å². The molecule has 0 aromatic carbocycles. The molecule has 13 heteroatoms. The molecule has 4 aliphatic heterocycles. The molecule has 4 saturated heterocycles. The maximum Gasteiger partial charge on any atom is 0.387 e. The van der Waals surface area contributed by atoms with E-state index in [9.17, 15) is 21.6 Å². The summed E-state index contributed by atoms with van der Waals surface area (Å²) in [5, 5.41) is -0.462. The molecular formula is C20H23F3N6O3S. The van der Waals surface area contributed by atoms with Crippen molar-refractivity contribution in [1.29, 1.82) is 0 Å². The first kappa shape index (κ1) is 22.0. The second-order valence-corrected chi connectivity index (χ2v) is 10.9. The van der Waals surface area contributed by atoms with E-state index in [4.69, 9.17) is 5.73 Å². The third-order valence-electron chi connectivity index (χ3n) is 6.40. The number of fused-ring (bicyclic) bond motifs is 3. The maximum absolute atomic E-state index is 13.9. The van der Waals surface area contributed by atoms with Gasteiger partial charge < -0.3 is 20.3 Å². The zero-order valence-corrected chi connectivity index (χ0v) is 18.4. The van der Waals surface area contributed by atoms with Gasteiger partial charge in [-0.3, -0.25) is 0 Å². The Kier molecular flexibility index (Phi) is 5.46. The van der Waals surface area contributed by atoms with Crippen LogP contribution in [-0.4, -0.2) is 72.8 Å². The number of anilines is 3. The topological polar surface area (TPSA) is 115 Å².